The lowest BCUT2D eigenvalue weighted by molar-refractivity contribution is 0.114. The Morgan fingerprint density at radius 3 is 3.00 bits per heavy atom. The maximum atomic E-state index is 11.6. The number of sulfonamides is 1. The largest absolute Gasteiger partial charge is 0.393 e. The van der Waals surface area contributed by atoms with Crippen molar-refractivity contribution in [1.82, 2.24) is 9.29 Å². The summed E-state index contributed by atoms with van der Waals surface area (Å²) in [6.07, 6.45) is 8.48. The molecule has 0 bridgehead atoms. The van der Waals surface area contributed by atoms with Gasteiger partial charge in [-0.25, -0.2) is 12.7 Å². The number of nitrogens with zero attached hydrogens (tertiary/aromatic N) is 2. The average molecular weight is 312 g/mol. The van der Waals surface area contributed by atoms with Crippen LogP contribution < -0.4 is 0 Å². The first-order valence-electron chi connectivity index (χ1n) is 7.47. The second-order valence-corrected chi connectivity index (χ2v) is 7.90. The maximum Gasteiger partial charge on any atom is 0.211 e. The van der Waals surface area contributed by atoms with Crippen LogP contribution in [0.15, 0.2) is 24.5 Å². The average Bonchev–Trinajstić information content (AvgIpc) is 2.46. The van der Waals surface area contributed by atoms with Crippen LogP contribution in [0, 0.1) is 5.92 Å². The molecule has 2 atom stereocenters. The Kier molecular flexibility index (Phi) is 5.72. The summed E-state index contributed by atoms with van der Waals surface area (Å²) in [7, 11) is -3.11. The normalized spacial score (nSPS) is 22.1. The zero-order valence-electron chi connectivity index (χ0n) is 12.5. The van der Waals surface area contributed by atoms with E-state index in [1.807, 2.05) is 18.3 Å². The number of hydrogen-bond acceptors (Lipinski definition) is 4. The van der Waals surface area contributed by atoms with E-state index in [-0.39, 0.29) is 12.0 Å². The molecule has 2 heterocycles. The van der Waals surface area contributed by atoms with E-state index in [0.717, 1.165) is 24.8 Å². The molecule has 1 fully saturated rings. The Balaban J connectivity index is 1.78. The van der Waals surface area contributed by atoms with Gasteiger partial charge in [0.2, 0.25) is 10.0 Å². The summed E-state index contributed by atoms with van der Waals surface area (Å²) in [6, 6.07) is 3.90. The molecule has 0 aliphatic carbocycles. The molecule has 0 aromatic carbocycles. The summed E-state index contributed by atoms with van der Waals surface area (Å²) >= 11 is 0. The fraction of sp³-hybridized carbons (Fsp3) is 0.667. The third-order valence-electron chi connectivity index (χ3n) is 4.05. The number of aliphatic hydroxyl groups excluding tert-OH is 1. The Morgan fingerprint density at radius 2 is 2.33 bits per heavy atom. The van der Waals surface area contributed by atoms with Gasteiger partial charge in [0, 0.05) is 25.5 Å². The number of hydrogen-bond donors (Lipinski definition) is 1. The predicted octanol–water partition coefficient (Wildman–Crippen LogP) is 1.44. The van der Waals surface area contributed by atoms with E-state index in [9.17, 15) is 13.5 Å². The van der Waals surface area contributed by atoms with E-state index >= 15 is 0 Å². The van der Waals surface area contributed by atoms with Crippen LogP contribution in [0.2, 0.25) is 0 Å². The van der Waals surface area contributed by atoms with E-state index in [1.54, 1.807) is 6.20 Å². The van der Waals surface area contributed by atoms with Crippen molar-refractivity contribution >= 4 is 10.0 Å². The van der Waals surface area contributed by atoms with Crippen molar-refractivity contribution < 1.29 is 13.5 Å². The third kappa shape index (κ3) is 5.37. The van der Waals surface area contributed by atoms with Crippen LogP contribution in [0.1, 0.15) is 31.2 Å². The Morgan fingerprint density at radius 1 is 1.52 bits per heavy atom. The van der Waals surface area contributed by atoms with Crippen LogP contribution in [-0.2, 0) is 16.4 Å². The Bertz CT molecular complexity index is 533. The lowest BCUT2D eigenvalue weighted by Gasteiger charge is -2.32. The Hall–Kier alpha value is -0.980. The van der Waals surface area contributed by atoms with Crippen LogP contribution in [0.3, 0.4) is 0 Å². The van der Waals surface area contributed by atoms with Gasteiger partial charge in [-0.2, -0.15) is 0 Å². The van der Waals surface area contributed by atoms with Crippen molar-refractivity contribution in [2.24, 2.45) is 5.92 Å². The van der Waals surface area contributed by atoms with Gasteiger partial charge in [-0.15, -0.1) is 0 Å². The SMILES string of the molecule is CS(=O)(=O)N1CCCC(CC(O)CCc2cccnc2)C1. The molecule has 0 spiro atoms. The number of piperidine rings is 1. The highest BCUT2D eigenvalue weighted by Gasteiger charge is 2.27. The van der Waals surface area contributed by atoms with Crippen molar-refractivity contribution in [2.45, 2.75) is 38.2 Å². The van der Waals surface area contributed by atoms with Crippen LogP contribution in [0.5, 0.6) is 0 Å². The maximum absolute atomic E-state index is 11.6. The van der Waals surface area contributed by atoms with Gasteiger partial charge in [0.1, 0.15) is 0 Å². The van der Waals surface area contributed by atoms with E-state index in [1.165, 1.54) is 10.6 Å². The topological polar surface area (TPSA) is 70.5 Å². The summed E-state index contributed by atoms with van der Waals surface area (Å²) in [4.78, 5) is 4.06. The quantitative estimate of drug-likeness (QED) is 0.863. The van der Waals surface area contributed by atoms with Gasteiger partial charge < -0.3 is 5.11 Å². The fourth-order valence-corrected chi connectivity index (χ4v) is 3.84. The van der Waals surface area contributed by atoms with Gasteiger partial charge in [0.25, 0.3) is 0 Å². The summed E-state index contributed by atoms with van der Waals surface area (Å²) in [5.74, 6) is 0.261. The molecule has 1 aliphatic heterocycles. The van der Waals surface area contributed by atoms with Gasteiger partial charge >= 0.3 is 0 Å². The molecular weight excluding hydrogens is 288 g/mol. The van der Waals surface area contributed by atoms with E-state index < -0.39 is 10.0 Å². The van der Waals surface area contributed by atoms with E-state index in [2.05, 4.69) is 4.98 Å². The molecule has 1 aliphatic rings. The first-order chi connectivity index (χ1) is 9.95. The van der Waals surface area contributed by atoms with Crippen molar-refractivity contribution in [2.75, 3.05) is 19.3 Å². The Labute approximate surface area is 127 Å². The molecular formula is C15H24N2O3S. The van der Waals surface area contributed by atoms with Gasteiger partial charge in [-0.3, -0.25) is 4.98 Å². The highest BCUT2D eigenvalue weighted by molar-refractivity contribution is 7.88. The molecule has 2 unspecified atom stereocenters. The molecule has 6 heteroatoms. The highest BCUT2D eigenvalue weighted by atomic mass is 32.2. The van der Waals surface area contributed by atoms with E-state index in [0.29, 0.717) is 25.9 Å². The summed E-state index contributed by atoms with van der Waals surface area (Å²) in [6.45, 7) is 1.16. The zero-order valence-corrected chi connectivity index (χ0v) is 13.3. The summed E-state index contributed by atoms with van der Waals surface area (Å²) in [5.41, 5.74) is 1.12. The van der Waals surface area contributed by atoms with Crippen LogP contribution in [-0.4, -0.2) is 48.3 Å². The molecule has 0 radical (unpaired) electrons. The number of aromatic nitrogens is 1. The van der Waals surface area contributed by atoms with Crippen molar-refractivity contribution in [3.8, 4) is 0 Å². The third-order valence-corrected chi connectivity index (χ3v) is 5.31. The van der Waals surface area contributed by atoms with Gasteiger partial charge in [0.05, 0.1) is 12.4 Å². The van der Waals surface area contributed by atoms with Crippen molar-refractivity contribution in [3.63, 3.8) is 0 Å². The number of aryl methyl sites for hydroxylation is 1. The number of pyridine rings is 1. The standard InChI is InChI=1S/C15H24N2O3S/c1-21(19,20)17-9-3-5-14(12-17)10-15(18)7-6-13-4-2-8-16-11-13/h2,4,8,11,14-15,18H,3,5-7,9-10,12H2,1H3. The molecule has 0 amide bonds. The van der Waals surface area contributed by atoms with Crippen LogP contribution >= 0.6 is 0 Å². The van der Waals surface area contributed by atoms with Crippen LogP contribution in [0.25, 0.3) is 0 Å². The molecule has 1 aromatic rings. The monoisotopic (exact) mass is 312 g/mol. The van der Waals surface area contributed by atoms with Gasteiger partial charge in [-0.05, 0) is 49.7 Å². The van der Waals surface area contributed by atoms with E-state index in [4.69, 9.17) is 0 Å². The highest BCUT2D eigenvalue weighted by Crippen LogP contribution is 2.23. The molecule has 1 N–H and O–H groups in total. The van der Waals surface area contributed by atoms with Gasteiger partial charge in [-0.1, -0.05) is 6.07 Å². The molecule has 1 aromatic heterocycles. The lowest BCUT2D eigenvalue weighted by atomic mass is 9.91. The van der Waals surface area contributed by atoms with Crippen LogP contribution in [0.4, 0.5) is 0 Å². The van der Waals surface area contributed by atoms with Crippen molar-refractivity contribution in [3.05, 3.63) is 30.1 Å². The fourth-order valence-electron chi connectivity index (χ4n) is 2.90. The first kappa shape index (κ1) is 16.4. The molecule has 118 valence electrons. The lowest BCUT2D eigenvalue weighted by Crippen LogP contribution is -2.40. The zero-order chi connectivity index (χ0) is 15.3. The minimum atomic E-state index is -3.11. The summed E-state index contributed by atoms with van der Waals surface area (Å²) < 4.78 is 24.7. The minimum Gasteiger partial charge on any atom is -0.393 e. The minimum absolute atomic E-state index is 0.261. The molecule has 5 nitrogen and oxygen atoms in total. The first-order valence-corrected chi connectivity index (χ1v) is 9.32. The second kappa shape index (κ2) is 7.33. The smallest absolute Gasteiger partial charge is 0.211 e. The molecule has 2 rings (SSSR count). The van der Waals surface area contributed by atoms with Crippen molar-refractivity contribution in [1.29, 1.82) is 0 Å². The number of aliphatic hydroxyl groups is 1. The molecule has 21 heavy (non-hydrogen) atoms. The second-order valence-electron chi connectivity index (χ2n) is 5.92. The van der Waals surface area contributed by atoms with Gasteiger partial charge in [0.15, 0.2) is 0 Å². The molecule has 0 saturated carbocycles. The summed E-state index contributed by atoms with van der Waals surface area (Å²) in [5, 5.41) is 10.2. The predicted molar refractivity (Wildman–Crippen MR) is 82.3 cm³/mol. The molecule has 1 saturated heterocycles. The number of rotatable bonds is 6.